The van der Waals surface area contributed by atoms with Gasteiger partial charge in [-0.1, -0.05) is 29.3 Å². The maximum atomic E-state index is 8.49. The van der Waals surface area contributed by atoms with Crippen LogP contribution in [0, 0.1) is 17.2 Å². The molecule has 0 aliphatic rings. The molecule has 0 saturated carbocycles. The number of nitrogens with one attached hydrogen (secondary N) is 1. The zero-order chi connectivity index (χ0) is 21.7. The molecule has 0 unspecified atom stereocenters. The third kappa shape index (κ3) is 6.36. The van der Waals surface area contributed by atoms with Crippen LogP contribution in [0.3, 0.4) is 0 Å². The molecule has 2 aromatic heterocycles. The highest BCUT2D eigenvalue weighted by molar-refractivity contribution is 6.30. The summed E-state index contributed by atoms with van der Waals surface area (Å²) in [7, 11) is -4.94. The first-order valence-electron chi connectivity index (χ1n) is 8.63. The molecule has 0 aliphatic heterocycles. The van der Waals surface area contributed by atoms with Gasteiger partial charge >= 0.3 is 5.82 Å². The normalized spacial score (nSPS) is 11.9. The minimum atomic E-state index is -4.94. The molecule has 30 heavy (non-hydrogen) atoms. The molecule has 0 aliphatic carbocycles. The summed E-state index contributed by atoms with van der Waals surface area (Å²) in [6.45, 7) is 2.06. The molecule has 2 heterocycles. The summed E-state index contributed by atoms with van der Waals surface area (Å²) in [4.78, 5) is 7.92. The van der Waals surface area contributed by atoms with E-state index in [1.165, 1.54) is 0 Å². The van der Waals surface area contributed by atoms with Crippen molar-refractivity contribution in [3.05, 3.63) is 88.9 Å². The number of aromatic amines is 1. The second kappa shape index (κ2) is 9.36. The predicted octanol–water partition coefficient (Wildman–Crippen LogP) is 0.352. The summed E-state index contributed by atoms with van der Waals surface area (Å²) in [5.41, 5.74) is 2.92. The minimum Gasteiger partial charge on any atom is -0.456 e. The van der Waals surface area contributed by atoms with Crippen molar-refractivity contribution in [2.45, 2.75) is 6.92 Å². The van der Waals surface area contributed by atoms with Crippen LogP contribution in [-0.4, -0.2) is 0 Å². The van der Waals surface area contributed by atoms with Crippen molar-refractivity contribution in [3.8, 4) is 11.3 Å². The zero-order valence-corrected chi connectivity index (χ0v) is 17.2. The molecule has 4 rings (SSSR count). The van der Waals surface area contributed by atoms with Crippen LogP contribution in [0.15, 0.2) is 82.3 Å². The van der Waals surface area contributed by atoms with Crippen LogP contribution in [0.2, 0.25) is 5.02 Å². The van der Waals surface area contributed by atoms with E-state index in [9.17, 15) is 0 Å². The highest BCUT2D eigenvalue weighted by Crippen LogP contribution is 2.24. The van der Waals surface area contributed by atoms with Gasteiger partial charge < -0.3 is 4.42 Å². The summed E-state index contributed by atoms with van der Waals surface area (Å²) >= 11 is 6.00. The second-order valence-electron chi connectivity index (χ2n) is 6.24. The third-order valence-electron chi connectivity index (χ3n) is 3.96. The number of hydrogen-bond acceptors (Lipinski definition) is 6. The number of benzene rings is 2. The Morgan fingerprint density at radius 2 is 1.63 bits per heavy atom. The molecule has 154 valence electrons. The van der Waals surface area contributed by atoms with Gasteiger partial charge in [0, 0.05) is 22.7 Å². The van der Waals surface area contributed by atoms with E-state index in [4.69, 9.17) is 39.6 Å². The molecule has 7 nitrogen and oxygen atoms in total. The van der Waals surface area contributed by atoms with Gasteiger partial charge in [0.2, 0.25) is 0 Å². The van der Waals surface area contributed by atoms with Crippen molar-refractivity contribution in [3.63, 3.8) is 0 Å². The Hall–Kier alpha value is -2.78. The van der Waals surface area contributed by atoms with Crippen molar-refractivity contribution in [1.29, 1.82) is 0 Å². The number of aryl methyl sites for hydroxylation is 1. The summed E-state index contributed by atoms with van der Waals surface area (Å²) in [6, 6.07) is 21.5. The number of nitrogens with zero attached hydrogens (tertiary/aromatic N) is 1. The lowest BCUT2D eigenvalue weighted by Crippen LogP contribution is -2.68. The summed E-state index contributed by atoms with van der Waals surface area (Å²) in [5.74, 6) is 1.54. The number of pyridine rings is 1. The van der Waals surface area contributed by atoms with Crippen LogP contribution in [0.25, 0.3) is 22.3 Å². The smallest absolute Gasteiger partial charge is 0.321 e. The first-order valence-corrected chi connectivity index (χ1v) is 10.2. The molecule has 1 N–H and O–H groups in total. The molecule has 0 radical (unpaired) electrons. The molecule has 0 bridgehead atoms. The number of fused-ring (bicyclic) bond motifs is 1. The Kier molecular flexibility index (Phi) is 6.84. The topological polar surface area (TPSA) is 132 Å². The van der Waals surface area contributed by atoms with Crippen LogP contribution in [-0.2, 0) is 0 Å². The van der Waals surface area contributed by atoms with E-state index in [1.807, 2.05) is 66.9 Å². The molecule has 9 heteroatoms. The Balaban J connectivity index is 0.000000461. The predicted molar refractivity (Wildman–Crippen MR) is 99.6 cm³/mol. The van der Waals surface area contributed by atoms with Gasteiger partial charge in [-0.15, -0.1) is 10.2 Å². The molecule has 0 spiro atoms. The lowest BCUT2D eigenvalue weighted by molar-refractivity contribution is -2.00. The summed E-state index contributed by atoms with van der Waals surface area (Å²) in [6.07, 6.45) is 1.86. The molecule has 2 aromatic carbocycles. The Bertz CT molecular complexity index is 1200. The van der Waals surface area contributed by atoms with E-state index in [1.54, 1.807) is 0 Å². The first-order chi connectivity index (χ1) is 14.2. The molecular weight excluding hydrogens is 431 g/mol. The van der Waals surface area contributed by atoms with Crippen molar-refractivity contribution in [1.82, 2.24) is 0 Å². The summed E-state index contributed by atoms with van der Waals surface area (Å²) < 4.78 is 40.1. The van der Waals surface area contributed by atoms with Gasteiger partial charge in [0.05, 0.1) is 11.6 Å². The lowest BCUT2D eigenvalue weighted by Gasteiger charge is -2.17. The number of aromatic nitrogens is 1. The molecular formula is C21H16Cl2N2O5. The van der Waals surface area contributed by atoms with E-state index < -0.39 is 10.2 Å². The van der Waals surface area contributed by atoms with Gasteiger partial charge in [0.25, 0.3) is 0 Å². The number of H-pyrrole nitrogens is 1. The average Bonchev–Trinajstić information content (AvgIpc) is 2.68. The number of halogens is 2. The standard InChI is InChI=1S/C21H15ClN2O.ClHO4/c1-14-5-10-19-17(12-14)18(24-21-4-2-3-11-23-21)13-20(25-19)15-6-8-16(22)9-7-15;2-1(3,4)5/h2-13H,1H3;(H,2,3,4,5)/b24-18+;. The van der Waals surface area contributed by atoms with Gasteiger partial charge in [-0.2, -0.15) is 0 Å². The number of hydrogen-bond donors (Lipinski definition) is 0. The number of rotatable bonds is 2. The molecule has 0 fully saturated rings. The Labute approximate surface area is 178 Å². The van der Waals surface area contributed by atoms with E-state index >= 15 is 0 Å². The van der Waals surface area contributed by atoms with Crippen LogP contribution in [0.1, 0.15) is 5.56 Å². The van der Waals surface area contributed by atoms with E-state index in [0.29, 0.717) is 5.02 Å². The third-order valence-corrected chi connectivity index (χ3v) is 4.21. The maximum Gasteiger partial charge on any atom is 0.321 e. The highest BCUT2D eigenvalue weighted by atomic mass is 35.7. The fourth-order valence-corrected chi connectivity index (χ4v) is 2.84. The Morgan fingerprint density at radius 1 is 0.933 bits per heavy atom. The van der Waals surface area contributed by atoms with Gasteiger partial charge in [0.1, 0.15) is 11.3 Å². The van der Waals surface area contributed by atoms with E-state index in [0.717, 1.165) is 39.0 Å². The average molecular weight is 447 g/mol. The lowest BCUT2D eigenvalue weighted by atomic mass is 10.1. The van der Waals surface area contributed by atoms with Crippen LogP contribution >= 0.6 is 11.6 Å². The molecule has 0 saturated heterocycles. The van der Waals surface area contributed by atoms with Crippen molar-refractivity contribution < 1.29 is 38.3 Å². The Morgan fingerprint density at radius 3 is 2.27 bits per heavy atom. The monoisotopic (exact) mass is 446 g/mol. The molecule has 0 atom stereocenters. The van der Waals surface area contributed by atoms with Gasteiger partial charge in [-0.3, -0.25) is 0 Å². The van der Waals surface area contributed by atoms with Crippen LogP contribution in [0.4, 0.5) is 5.82 Å². The molecule has 4 aromatic rings. The maximum absolute atomic E-state index is 8.49. The highest BCUT2D eigenvalue weighted by Gasteiger charge is 2.10. The largest absolute Gasteiger partial charge is 0.456 e. The molecule has 0 amide bonds. The summed E-state index contributed by atoms with van der Waals surface area (Å²) in [5, 5.41) is 2.54. The van der Waals surface area contributed by atoms with Crippen molar-refractivity contribution in [2.75, 3.05) is 0 Å². The second-order valence-corrected chi connectivity index (χ2v) is 7.43. The van der Waals surface area contributed by atoms with Gasteiger partial charge in [0.15, 0.2) is 5.36 Å². The fourth-order valence-electron chi connectivity index (χ4n) is 2.71. The zero-order valence-electron chi connectivity index (χ0n) is 15.7. The van der Waals surface area contributed by atoms with Gasteiger partial charge in [-0.05, 0) is 54.4 Å². The van der Waals surface area contributed by atoms with E-state index in [-0.39, 0.29) is 0 Å². The van der Waals surface area contributed by atoms with E-state index in [2.05, 4.69) is 18.0 Å². The quantitative estimate of drug-likeness (QED) is 0.438. The fraction of sp³-hybridized carbons (Fsp3) is 0.0476. The SMILES string of the molecule is Cc1ccc2oc(-c3ccc(Cl)cc3)c/c(=N\c3cccc[nH+]3)c2c1.[O-][Cl+3]([O-])([O-])[O-]. The first kappa shape index (κ1) is 21.9. The minimum absolute atomic E-state index is 0.698. The van der Waals surface area contributed by atoms with Crippen LogP contribution in [0.5, 0.6) is 0 Å². The van der Waals surface area contributed by atoms with Crippen LogP contribution < -0.4 is 29.0 Å². The van der Waals surface area contributed by atoms with Crippen molar-refractivity contribution in [2.24, 2.45) is 4.99 Å². The van der Waals surface area contributed by atoms with Crippen molar-refractivity contribution >= 4 is 28.4 Å². The van der Waals surface area contributed by atoms with Gasteiger partial charge in [-0.25, -0.2) is 23.6 Å².